The Morgan fingerprint density at radius 2 is 2.00 bits per heavy atom. The van der Waals surface area contributed by atoms with E-state index >= 15 is 0 Å². The van der Waals surface area contributed by atoms with Gasteiger partial charge in [-0.2, -0.15) is 0 Å². The minimum Gasteiger partial charge on any atom is -0.481 e. The standard InChI is InChI=1S/C14H16Br2N2O3/c15-10-4-1-5-11(16)13(10)17-14(21)18-6-2-3-9(8-18)7-12(19)20/h1,4-5,9H,2-3,6-8H2,(H,17,21)(H,19,20). The number of anilines is 1. The molecular weight excluding hydrogens is 404 g/mol. The van der Waals surface area contributed by atoms with Crippen LogP contribution in [0.3, 0.4) is 0 Å². The number of rotatable bonds is 3. The average molecular weight is 420 g/mol. The second kappa shape index (κ2) is 7.26. The Morgan fingerprint density at radius 3 is 2.62 bits per heavy atom. The molecule has 7 heteroatoms. The summed E-state index contributed by atoms with van der Waals surface area (Å²) in [6, 6.07) is 5.37. The first kappa shape index (κ1) is 16.3. The Labute approximate surface area is 140 Å². The predicted molar refractivity (Wildman–Crippen MR) is 87.4 cm³/mol. The number of likely N-dealkylation sites (tertiary alicyclic amines) is 1. The van der Waals surface area contributed by atoms with Gasteiger partial charge in [0.25, 0.3) is 0 Å². The number of carbonyl (C=O) groups excluding carboxylic acids is 1. The molecule has 0 radical (unpaired) electrons. The first-order valence-electron chi connectivity index (χ1n) is 6.69. The van der Waals surface area contributed by atoms with E-state index in [1.807, 2.05) is 18.2 Å². The van der Waals surface area contributed by atoms with Crippen LogP contribution in [0.25, 0.3) is 0 Å². The quantitative estimate of drug-likeness (QED) is 0.779. The van der Waals surface area contributed by atoms with Gasteiger partial charge in [0.1, 0.15) is 0 Å². The zero-order valence-electron chi connectivity index (χ0n) is 11.3. The summed E-state index contributed by atoms with van der Waals surface area (Å²) < 4.78 is 1.59. The van der Waals surface area contributed by atoms with Crippen LogP contribution in [0.2, 0.25) is 0 Å². The van der Waals surface area contributed by atoms with Crippen molar-refractivity contribution in [3.8, 4) is 0 Å². The van der Waals surface area contributed by atoms with E-state index in [4.69, 9.17) is 5.11 Å². The molecule has 1 aromatic carbocycles. The normalized spacial score (nSPS) is 18.4. The van der Waals surface area contributed by atoms with Gasteiger partial charge in [-0.05, 0) is 62.8 Å². The molecule has 1 heterocycles. The molecule has 1 aliphatic heterocycles. The van der Waals surface area contributed by atoms with Crippen molar-refractivity contribution < 1.29 is 14.7 Å². The van der Waals surface area contributed by atoms with Crippen LogP contribution >= 0.6 is 31.9 Å². The zero-order valence-corrected chi connectivity index (χ0v) is 14.5. The van der Waals surface area contributed by atoms with Gasteiger partial charge in [-0.3, -0.25) is 4.79 Å². The van der Waals surface area contributed by atoms with Crippen LogP contribution < -0.4 is 5.32 Å². The molecule has 1 saturated heterocycles. The molecule has 1 unspecified atom stereocenters. The molecule has 1 aromatic rings. The molecule has 21 heavy (non-hydrogen) atoms. The van der Waals surface area contributed by atoms with Gasteiger partial charge in [-0.15, -0.1) is 0 Å². The molecule has 2 N–H and O–H groups in total. The molecule has 0 aliphatic carbocycles. The molecule has 114 valence electrons. The molecule has 0 aromatic heterocycles. The Morgan fingerprint density at radius 1 is 1.33 bits per heavy atom. The van der Waals surface area contributed by atoms with Crippen molar-refractivity contribution in [2.24, 2.45) is 5.92 Å². The summed E-state index contributed by atoms with van der Waals surface area (Å²) >= 11 is 6.81. The molecular formula is C14H16Br2N2O3. The number of carboxylic acids is 1. The number of piperidine rings is 1. The molecule has 2 rings (SSSR count). The lowest BCUT2D eigenvalue weighted by Gasteiger charge is -2.32. The first-order chi connectivity index (χ1) is 9.97. The lowest BCUT2D eigenvalue weighted by molar-refractivity contribution is -0.138. The Bertz CT molecular complexity index is 531. The summed E-state index contributed by atoms with van der Waals surface area (Å²) in [5, 5.41) is 11.7. The van der Waals surface area contributed by atoms with Crippen molar-refractivity contribution in [2.75, 3.05) is 18.4 Å². The van der Waals surface area contributed by atoms with Crippen LogP contribution in [0, 0.1) is 5.92 Å². The van der Waals surface area contributed by atoms with Crippen LogP contribution in [0.15, 0.2) is 27.1 Å². The minimum atomic E-state index is -0.809. The third kappa shape index (κ3) is 4.44. The van der Waals surface area contributed by atoms with E-state index in [0.29, 0.717) is 18.8 Å². The van der Waals surface area contributed by atoms with Crippen molar-refractivity contribution in [3.05, 3.63) is 27.1 Å². The molecule has 1 aliphatic rings. The van der Waals surface area contributed by atoms with Crippen molar-refractivity contribution >= 4 is 49.5 Å². The van der Waals surface area contributed by atoms with Crippen molar-refractivity contribution in [1.82, 2.24) is 4.90 Å². The highest BCUT2D eigenvalue weighted by molar-refractivity contribution is 9.11. The fourth-order valence-corrected chi connectivity index (χ4v) is 3.66. The van der Waals surface area contributed by atoms with Gasteiger partial charge >= 0.3 is 12.0 Å². The minimum absolute atomic E-state index is 0.0321. The maximum Gasteiger partial charge on any atom is 0.321 e. The lowest BCUT2D eigenvalue weighted by Crippen LogP contribution is -2.42. The smallest absolute Gasteiger partial charge is 0.321 e. The number of nitrogens with zero attached hydrogens (tertiary/aromatic N) is 1. The topological polar surface area (TPSA) is 69.6 Å². The van der Waals surface area contributed by atoms with Gasteiger partial charge in [0, 0.05) is 28.5 Å². The fourth-order valence-electron chi connectivity index (χ4n) is 2.47. The number of urea groups is 1. The second-order valence-electron chi connectivity index (χ2n) is 5.08. The maximum atomic E-state index is 12.3. The van der Waals surface area contributed by atoms with Crippen molar-refractivity contribution in [3.63, 3.8) is 0 Å². The second-order valence-corrected chi connectivity index (χ2v) is 6.79. The zero-order chi connectivity index (χ0) is 15.4. The fraction of sp³-hybridized carbons (Fsp3) is 0.429. The third-order valence-corrected chi connectivity index (χ3v) is 4.79. The van der Waals surface area contributed by atoms with Gasteiger partial charge in [0.05, 0.1) is 5.69 Å². The van der Waals surface area contributed by atoms with Crippen LogP contribution in [0.1, 0.15) is 19.3 Å². The van der Waals surface area contributed by atoms with Gasteiger partial charge < -0.3 is 15.3 Å². The molecule has 2 amide bonds. The Kier molecular flexibility index (Phi) is 5.64. The molecule has 0 bridgehead atoms. The van der Waals surface area contributed by atoms with Gasteiger partial charge in [0.15, 0.2) is 0 Å². The van der Waals surface area contributed by atoms with E-state index in [0.717, 1.165) is 21.8 Å². The van der Waals surface area contributed by atoms with Crippen LogP contribution in [0.5, 0.6) is 0 Å². The average Bonchev–Trinajstić information content (AvgIpc) is 2.42. The third-order valence-electron chi connectivity index (χ3n) is 3.46. The number of carbonyl (C=O) groups is 2. The van der Waals surface area contributed by atoms with Gasteiger partial charge in [-0.25, -0.2) is 4.79 Å². The van der Waals surface area contributed by atoms with E-state index in [1.54, 1.807) is 4.90 Å². The van der Waals surface area contributed by atoms with E-state index in [1.165, 1.54) is 0 Å². The number of carboxylic acid groups (broad SMARTS) is 1. The SMILES string of the molecule is O=C(O)CC1CCCN(C(=O)Nc2c(Br)cccc2Br)C1. The Hall–Kier alpha value is -1.08. The highest BCUT2D eigenvalue weighted by Crippen LogP contribution is 2.31. The first-order valence-corrected chi connectivity index (χ1v) is 8.27. The van der Waals surface area contributed by atoms with E-state index in [9.17, 15) is 9.59 Å². The van der Waals surface area contributed by atoms with Crippen molar-refractivity contribution in [1.29, 1.82) is 0 Å². The molecule has 0 spiro atoms. The summed E-state index contributed by atoms with van der Waals surface area (Å²) in [7, 11) is 0. The highest BCUT2D eigenvalue weighted by Gasteiger charge is 2.25. The van der Waals surface area contributed by atoms with E-state index < -0.39 is 5.97 Å². The number of nitrogens with one attached hydrogen (secondary N) is 1. The van der Waals surface area contributed by atoms with Gasteiger partial charge in [0.2, 0.25) is 0 Å². The summed E-state index contributed by atoms with van der Waals surface area (Å²) in [5.74, 6) is -0.777. The van der Waals surface area contributed by atoms with E-state index in [-0.39, 0.29) is 18.4 Å². The van der Waals surface area contributed by atoms with E-state index in [2.05, 4.69) is 37.2 Å². The van der Waals surface area contributed by atoms with Crippen LogP contribution in [-0.4, -0.2) is 35.1 Å². The van der Waals surface area contributed by atoms with Crippen LogP contribution in [-0.2, 0) is 4.79 Å². The largest absolute Gasteiger partial charge is 0.481 e. The lowest BCUT2D eigenvalue weighted by atomic mass is 9.95. The number of hydrogen-bond donors (Lipinski definition) is 2. The maximum absolute atomic E-state index is 12.3. The summed E-state index contributed by atoms with van der Waals surface area (Å²) in [5.41, 5.74) is 0.683. The summed E-state index contributed by atoms with van der Waals surface area (Å²) in [6.45, 7) is 1.14. The molecule has 0 saturated carbocycles. The number of halogens is 2. The number of hydrogen-bond acceptors (Lipinski definition) is 2. The predicted octanol–water partition coefficient (Wildman–Crippen LogP) is 3.93. The highest BCUT2D eigenvalue weighted by atomic mass is 79.9. The molecule has 5 nitrogen and oxygen atoms in total. The number of aliphatic carboxylic acids is 1. The summed E-state index contributed by atoms with van der Waals surface area (Å²) in [4.78, 5) is 24.8. The number of amides is 2. The molecule has 1 atom stereocenters. The van der Waals surface area contributed by atoms with Crippen LogP contribution in [0.4, 0.5) is 10.5 Å². The Balaban J connectivity index is 2.01. The summed E-state index contributed by atoms with van der Waals surface area (Å²) in [6.07, 6.45) is 1.81. The van der Waals surface area contributed by atoms with Gasteiger partial charge in [-0.1, -0.05) is 6.07 Å². The molecule has 1 fully saturated rings. The number of para-hydroxylation sites is 1. The number of benzene rings is 1. The monoisotopic (exact) mass is 418 g/mol. The van der Waals surface area contributed by atoms with Crippen molar-refractivity contribution in [2.45, 2.75) is 19.3 Å².